The largest absolute Gasteiger partial charge is 0.462 e. The Morgan fingerprint density at radius 3 is 1.32 bits per heavy atom. The summed E-state index contributed by atoms with van der Waals surface area (Å²) in [5, 5.41) is 5.58. The summed E-state index contributed by atoms with van der Waals surface area (Å²) in [6.07, 6.45) is 0.746. The number of thiophene rings is 2. The van der Waals surface area contributed by atoms with Gasteiger partial charge in [-0.2, -0.15) is 0 Å². The summed E-state index contributed by atoms with van der Waals surface area (Å²) in [6, 6.07) is 0. The number of carbonyl (C=O) groups excluding carboxylic acids is 6. The maximum absolute atomic E-state index is 12.5. The van der Waals surface area contributed by atoms with Gasteiger partial charge in [0.15, 0.2) is 0 Å². The van der Waals surface area contributed by atoms with Crippen molar-refractivity contribution < 1.29 is 38.2 Å². The second-order valence-corrected chi connectivity index (χ2v) is 10.0. The number of carbonyl (C=O) groups is 6. The highest BCUT2D eigenvalue weighted by atomic mass is 32.1. The van der Waals surface area contributed by atoms with Crippen molar-refractivity contribution in [3.8, 4) is 0 Å². The molecule has 14 heteroatoms. The zero-order chi connectivity index (χ0) is 28.6. The van der Waals surface area contributed by atoms with Gasteiger partial charge < -0.3 is 31.6 Å². The van der Waals surface area contributed by atoms with Gasteiger partial charge in [-0.25, -0.2) is 9.59 Å². The lowest BCUT2D eigenvalue weighted by Gasteiger charge is -2.08. The van der Waals surface area contributed by atoms with Crippen molar-refractivity contribution in [3.05, 3.63) is 32.0 Å². The zero-order valence-electron chi connectivity index (χ0n) is 21.5. The number of nitrogens with two attached hydrogens (primary N) is 2. The molecular formula is C24H30N4O8S2. The van der Waals surface area contributed by atoms with Crippen LogP contribution in [-0.2, 0) is 19.1 Å². The van der Waals surface area contributed by atoms with Crippen LogP contribution in [-0.4, -0.2) is 48.8 Å². The van der Waals surface area contributed by atoms with Crippen molar-refractivity contribution in [2.75, 3.05) is 23.8 Å². The van der Waals surface area contributed by atoms with Crippen LogP contribution >= 0.6 is 22.7 Å². The highest BCUT2D eigenvalue weighted by Gasteiger charge is 2.27. The summed E-state index contributed by atoms with van der Waals surface area (Å²) in [5.41, 5.74) is 11.6. The molecule has 2 heterocycles. The maximum atomic E-state index is 12.5. The van der Waals surface area contributed by atoms with Crippen LogP contribution in [0.15, 0.2) is 0 Å². The number of hydrogen-bond acceptors (Lipinski definition) is 10. The first-order valence-electron chi connectivity index (χ1n) is 11.7. The SMILES string of the molecule is CCOC(=O)c1c(NC(=O)CCCCC(=O)Nc2sc(C(N)=O)c(C)c2C(=O)OCC)sc(C(N)=O)c1C. The van der Waals surface area contributed by atoms with Crippen LogP contribution in [0.3, 0.4) is 0 Å². The lowest BCUT2D eigenvalue weighted by atomic mass is 10.1. The highest BCUT2D eigenvalue weighted by Crippen LogP contribution is 2.35. The molecule has 206 valence electrons. The molecule has 0 aliphatic rings. The average Bonchev–Trinajstić information content (AvgIpc) is 3.33. The maximum Gasteiger partial charge on any atom is 0.341 e. The van der Waals surface area contributed by atoms with E-state index in [2.05, 4.69) is 10.6 Å². The van der Waals surface area contributed by atoms with E-state index in [0.29, 0.717) is 24.0 Å². The third-order valence-electron chi connectivity index (χ3n) is 5.26. The molecular weight excluding hydrogens is 536 g/mol. The highest BCUT2D eigenvalue weighted by molar-refractivity contribution is 7.19. The van der Waals surface area contributed by atoms with Gasteiger partial charge >= 0.3 is 11.9 Å². The van der Waals surface area contributed by atoms with Gasteiger partial charge in [0.05, 0.1) is 34.1 Å². The average molecular weight is 567 g/mol. The number of nitrogens with one attached hydrogen (secondary N) is 2. The van der Waals surface area contributed by atoms with Gasteiger partial charge in [-0.3, -0.25) is 19.2 Å². The molecule has 0 unspecified atom stereocenters. The van der Waals surface area contributed by atoms with Crippen LogP contribution in [0.5, 0.6) is 0 Å². The minimum absolute atomic E-state index is 0.0381. The van der Waals surface area contributed by atoms with Crippen LogP contribution in [0, 0.1) is 13.8 Å². The predicted octanol–water partition coefficient (Wildman–Crippen LogP) is 3.12. The lowest BCUT2D eigenvalue weighted by Crippen LogP contribution is -2.16. The van der Waals surface area contributed by atoms with Crippen molar-refractivity contribution in [1.82, 2.24) is 0 Å². The fraction of sp³-hybridized carbons (Fsp3) is 0.417. The number of primary amides is 2. The van der Waals surface area contributed by atoms with Crippen molar-refractivity contribution in [2.45, 2.75) is 53.4 Å². The molecule has 0 saturated heterocycles. The first-order chi connectivity index (χ1) is 17.9. The third-order valence-corrected chi connectivity index (χ3v) is 7.71. The van der Waals surface area contributed by atoms with Gasteiger partial charge in [0, 0.05) is 12.8 Å². The smallest absolute Gasteiger partial charge is 0.341 e. The molecule has 0 fully saturated rings. The van der Waals surface area contributed by atoms with E-state index in [4.69, 9.17) is 20.9 Å². The Morgan fingerprint density at radius 1 is 0.684 bits per heavy atom. The van der Waals surface area contributed by atoms with Crippen LogP contribution in [0.1, 0.15) is 90.7 Å². The normalized spacial score (nSPS) is 10.5. The number of hydrogen-bond donors (Lipinski definition) is 4. The molecule has 12 nitrogen and oxygen atoms in total. The Kier molecular flexibility index (Phi) is 11.0. The number of unbranched alkanes of at least 4 members (excludes halogenated alkanes) is 1. The van der Waals surface area contributed by atoms with Crippen LogP contribution in [0.2, 0.25) is 0 Å². The molecule has 4 amide bonds. The van der Waals surface area contributed by atoms with E-state index in [1.54, 1.807) is 27.7 Å². The number of amides is 4. The van der Waals surface area contributed by atoms with Gasteiger partial charge in [-0.05, 0) is 51.7 Å². The van der Waals surface area contributed by atoms with Crippen molar-refractivity contribution in [2.24, 2.45) is 11.5 Å². The molecule has 0 radical (unpaired) electrons. The topological polar surface area (TPSA) is 197 Å². The second kappa shape index (κ2) is 13.7. The molecule has 6 N–H and O–H groups in total. The number of rotatable bonds is 13. The van der Waals surface area contributed by atoms with Gasteiger partial charge in [0.2, 0.25) is 11.8 Å². The van der Waals surface area contributed by atoms with Crippen molar-refractivity contribution in [3.63, 3.8) is 0 Å². The van der Waals surface area contributed by atoms with E-state index in [0.717, 1.165) is 22.7 Å². The Morgan fingerprint density at radius 2 is 1.03 bits per heavy atom. The van der Waals surface area contributed by atoms with Gasteiger partial charge in [0.1, 0.15) is 10.0 Å². The fourth-order valence-electron chi connectivity index (χ4n) is 3.52. The minimum atomic E-state index is -0.723. The lowest BCUT2D eigenvalue weighted by molar-refractivity contribution is -0.118. The molecule has 2 rings (SSSR count). The molecule has 2 aromatic heterocycles. The summed E-state index contributed by atoms with van der Waals surface area (Å²) in [7, 11) is 0. The Labute approximate surface area is 227 Å². The van der Waals surface area contributed by atoms with E-state index >= 15 is 0 Å². The van der Waals surface area contributed by atoms with Crippen LogP contribution in [0.4, 0.5) is 10.0 Å². The molecule has 38 heavy (non-hydrogen) atoms. The van der Waals surface area contributed by atoms with Crippen LogP contribution in [0.25, 0.3) is 0 Å². The molecule has 0 bridgehead atoms. The van der Waals surface area contributed by atoms with Gasteiger partial charge in [-0.1, -0.05) is 0 Å². The fourth-order valence-corrected chi connectivity index (χ4v) is 5.65. The summed E-state index contributed by atoms with van der Waals surface area (Å²) in [5.74, 6) is -3.63. The number of ether oxygens (including phenoxy) is 2. The monoisotopic (exact) mass is 566 g/mol. The van der Waals surface area contributed by atoms with Gasteiger partial charge in [-0.15, -0.1) is 22.7 Å². The van der Waals surface area contributed by atoms with E-state index in [1.165, 1.54) is 0 Å². The van der Waals surface area contributed by atoms with Crippen molar-refractivity contribution in [1.29, 1.82) is 0 Å². The predicted molar refractivity (Wildman–Crippen MR) is 143 cm³/mol. The quantitative estimate of drug-likeness (QED) is 0.209. The van der Waals surface area contributed by atoms with E-state index in [1.807, 2.05) is 0 Å². The summed E-state index contributed by atoms with van der Waals surface area (Å²) >= 11 is 1.79. The Balaban J connectivity index is 1.98. The number of anilines is 2. The molecule has 0 aliphatic carbocycles. The molecule has 0 spiro atoms. The molecule has 0 atom stereocenters. The summed E-state index contributed by atoms with van der Waals surface area (Å²) in [6.45, 7) is 6.60. The van der Waals surface area contributed by atoms with Crippen molar-refractivity contribution >= 4 is 68.2 Å². The van der Waals surface area contributed by atoms with E-state index in [9.17, 15) is 28.8 Å². The molecule has 0 aromatic carbocycles. The van der Waals surface area contributed by atoms with Crippen LogP contribution < -0.4 is 22.1 Å². The van der Waals surface area contributed by atoms with E-state index < -0.39 is 35.6 Å². The first kappa shape index (κ1) is 30.4. The third kappa shape index (κ3) is 7.38. The first-order valence-corrected chi connectivity index (χ1v) is 13.4. The van der Waals surface area contributed by atoms with E-state index in [-0.39, 0.29) is 56.9 Å². The molecule has 0 saturated carbocycles. The zero-order valence-corrected chi connectivity index (χ0v) is 23.1. The Bertz CT molecular complexity index is 1170. The summed E-state index contributed by atoms with van der Waals surface area (Å²) in [4.78, 5) is 73.3. The summed E-state index contributed by atoms with van der Waals surface area (Å²) < 4.78 is 10.0. The van der Waals surface area contributed by atoms with Gasteiger partial charge in [0.25, 0.3) is 11.8 Å². The second-order valence-electron chi connectivity index (χ2n) is 7.99. The number of esters is 2. The molecule has 0 aliphatic heterocycles. The minimum Gasteiger partial charge on any atom is -0.462 e. The standard InChI is InChI=1S/C24H30N4O8S2/c1-5-35-23(33)15-11(3)17(19(25)31)37-21(15)27-13(29)9-7-8-10-14(30)28-22-16(24(34)36-6-2)12(4)18(38-22)20(26)32/h5-10H2,1-4H3,(H2,25,31)(H2,26,32)(H,27,29)(H,28,30). The molecule has 2 aromatic rings. The Hall–Kier alpha value is -3.78.